The number of amides is 1. The smallest absolute Gasteiger partial charge is 0.369 e. The normalized spacial score (nSPS) is 18.8. The average molecular weight is 359 g/mol. The second-order valence-electron chi connectivity index (χ2n) is 6.12. The third-order valence-electron chi connectivity index (χ3n) is 3.31. The Kier molecular flexibility index (Phi) is 5.10. The Labute approximate surface area is 144 Å². The van der Waals surface area contributed by atoms with Crippen molar-refractivity contribution >= 4 is 40.4 Å². The van der Waals surface area contributed by atoms with E-state index >= 15 is 0 Å². The lowest BCUT2D eigenvalue weighted by Crippen LogP contribution is -2.38. The van der Waals surface area contributed by atoms with Crippen LogP contribution >= 0.6 is 23.4 Å². The molecule has 1 aromatic heterocycles. The van der Waals surface area contributed by atoms with Gasteiger partial charge in [0.25, 0.3) is 5.91 Å². The Balaban J connectivity index is 2.33. The third kappa shape index (κ3) is 3.55. The fourth-order valence-electron chi connectivity index (χ4n) is 2.02. The molecule has 1 aliphatic heterocycles. The van der Waals surface area contributed by atoms with Crippen molar-refractivity contribution in [2.75, 3.05) is 10.7 Å². The molecule has 1 atom stereocenters. The Morgan fingerprint density at radius 3 is 2.70 bits per heavy atom. The van der Waals surface area contributed by atoms with Gasteiger partial charge in [0.2, 0.25) is 6.23 Å². The van der Waals surface area contributed by atoms with Crippen molar-refractivity contribution < 1.29 is 18.8 Å². The van der Waals surface area contributed by atoms with E-state index in [1.54, 1.807) is 13.0 Å². The molecule has 0 N–H and O–H groups in total. The zero-order chi connectivity index (χ0) is 17.4. The number of rotatable bonds is 3. The van der Waals surface area contributed by atoms with Gasteiger partial charge >= 0.3 is 5.30 Å². The molecule has 1 amide bonds. The first-order chi connectivity index (χ1) is 10.7. The summed E-state index contributed by atoms with van der Waals surface area (Å²) < 4.78 is 10.7. The van der Waals surface area contributed by atoms with Crippen LogP contribution in [0.2, 0.25) is 0 Å². The molecule has 2 rings (SSSR count). The highest BCUT2D eigenvalue weighted by Crippen LogP contribution is 2.35. The molecule has 0 spiro atoms. The van der Waals surface area contributed by atoms with Crippen LogP contribution in [0.4, 0.5) is 10.6 Å². The number of hydrogen-bond acceptors (Lipinski definition) is 6. The third-order valence-corrected chi connectivity index (χ3v) is 4.39. The first-order valence-corrected chi connectivity index (χ1v) is 8.53. The number of halogens is 1. The van der Waals surface area contributed by atoms with E-state index in [9.17, 15) is 9.59 Å². The second-order valence-corrected chi connectivity index (χ2v) is 7.70. The number of carbonyl (C=O) groups excluding carboxylic acids is 2. The predicted molar refractivity (Wildman–Crippen MR) is 89.6 cm³/mol. The van der Waals surface area contributed by atoms with Gasteiger partial charge in [0.1, 0.15) is 10.8 Å². The van der Waals surface area contributed by atoms with Gasteiger partial charge in [-0.25, -0.2) is 9.69 Å². The maximum absolute atomic E-state index is 12.4. The van der Waals surface area contributed by atoms with Crippen molar-refractivity contribution in [3.8, 4) is 0 Å². The van der Waals surface area contributed by atoms with E-state index in [1.807, 2.05) is 27.7 Å². The van der Waals surface area contributed by atoms with Crippen LogP contribution in [0.15, 0.2) is 21.2 Å². The number of aromatic nitrogens is 1. The van der Waals surface area contributed by atoms with Gasteiger partial charge in [0.15, 0.2) is 5.82 Å². The van der Waals surface area contributed by atoms with Gasteiger partial charge in [-0.2, -0.15) is 0 Å². The fraction of sp³-hybridized carbons (Fsp3) is 0.533. The summed E-state index contributed by atoms with van der Waals surface area (Å²) >= 11 is 7.06. The maximum atomic E-state index is 12.4. The monoisotopic (exact) mass is 358 g/mol. The fourth-order valence-corrected chi connectivity index (χ4v) is 2.60. The summed E-state index contributed by atoms with van der Waals surface area (Å²) in [7, 11) is 0. The Bertz CT molecular complexity index is 663. The van der Waals surface area contributed by atoms with Crippen LogP contribution in [0.3, 0.4) is 0 Å². The SMILES string of the molecule is CCSC(=O)OC1C(C)=C(Cl)C(=O)N1c1cc(C(C)(C)C)on1. The zero-order valence-corrected chi connectivity index (χ0v) is 15.2. The van der Waals surface area contributed by atoms with E-state index in [-0.39, 0.29) is 16.3 Å². The van der Waals surface area contributed by atoms with Crippen molar-refractivity contribution in [1.29, 1.82) is 0 Å². The molecule has 1 aromatic rings. The molecule has 23 heavy (non-hydrogen) atoms. The molecule has 0 fully saturated rings. The molecule has 0 saturated heterocycles. The maximum Gasteiger partial charge on any atom is 0.369 e. The zero-order valence-electron chi connectivity index (χ0n) is 13.7. The highest BCUT2D eigenvalue weighted by Gasteiger charge is 2.42. The number of nitrogens with zero attached hydrogens (tertiary/aromatic N) is 2. The Hall–Kier alpha value is -1.47. The van der Waals surface area contributed by atoms with Crippen molar-refractivity contribution in [3.05, 3.63) is 22.4 Å². The molecule has 0 aliphatic carbocycles. The largest absolute Gasteiger partial charge is 0.429 e. The van der Waals surface area contributed by atoms with Crippen LogP contribution in [-0.2, 0) is 14.9 Å². The topological polar surface area (TPSA) is 72.6 Å². The molecule has 0 radical (unpaired) electrons. The van der Waals surface area contributed by atoms with E-state index in [0.29, 0.717) is 17.1 Å². The lowest BCUT2D eigenvalue weighted by molar-refractivity contribution is -0.115. The van der Waals surface area contributed by atoms with E-state index in [1.165, 1.54) is 4.90 Å². The van der Waals surface area contributed by atoms with Crippen LogP contribution in [0.1, 0.15) is 40.4 Å². The highest BCUT2D eigenvalue weighted by atomic mass is 35.5. The number of anilines is 1. The van der Waals surface area contributed by atoms with Crippen LogP contribution in [-0.4, -0.2) is 28.3 Å². The van der Waals surface area contributed by atoms with E-state index in [2.05, 4.69) is 5.16 Å². The summed E-state index contributed by atoms with van der Waals surface area (Å²) in [5.41, 5.74) is 0.215. The molecule has 1 unspecified atom stereocenters. The minimum atomic E-state index is -0.903. The molecular formula is C15H19ClN2O4S. The summed E-state index contributed by atoms with van der Waals surface area (Å²) in [6.07, 6.45) is -0.903. The van der Waals surface area contributed by atoms with Crippen LogP contribution in [0, 0.1) is 0 Å². The van der Waals surface area contributed by atoms with Crippen LogP contribution in [0.5, 0.6) is 0 Å². The van der Waals surface area contributed by atoms with Crippen molar-refractivity contribution in [3.63, 3.8) is 0 Å². The summed E-state index contributed by atoms with van der Waals surface area (Å²) in [5, 5.41) is 3.49. The standard InChI is InChI=1S/C15H19ClN2O4S/c1-6-23-14(20)21-13-8(2)11(16)12(19)18(13)10-7-9(22-17-10)15(3,4)5/h7,13H,6H2,1-5H3. The van der Waals surface area contributed by atoms with Gasteiger partial charge in [-0.1, -0.05) is 44.5 Å². The van der Waals surface area contributed by atoms with Gasteiger partial charge in [-0.05, 0) is 18.7 Å². The predicted octanol–water partition coefficient (Wildman–Crippen LogP) is 4.05. The first-order valence-electron chi connectivity index (χ1n) is 7.17. The van der Waals surface area contributed by atoms with Crippen molar-refractivity contribution in [2.45, 2.75) is 46.3 Å². The Morgan fingerprint density at radius 2 is 2.17 bits per heavy atom. The van der Waals surface area contributed by atoms with E-state index in [0.717, 1.165) is 11.8 Å². The molecular weight excluding hydrogens is 340 g/mol. The van der Waals surface area contributed by atoms with E-state index < -0.39 is 17.4 Å². The van der Waals surface area contributed by atoms with Gasteiger partial charge in [0.05, 0.1) is 0 Å². The van der Waals surface area contributed by atoms with Crippen LogP contribution in [0.25, 0.3) is 0 Å². The lowest BCUT2D eigenvalue weighted by Gasteiger charge is -2.23. The number of ether oxygens (including phenoxy) is 1. The van der Waals surface area contributed by atoms with Gasteiger partial charge in [-0.3, -0.25) is 4.79 Å². The minimum Gasteiger partial charge on any atom is -0.429 e. The number of thioether (sulfide) groups is 1. The van der Waals surface area contributed by atoms with Crippen molar-refractivity contribution in [2.24, 2.45) is 0 Å². The summed E-state index contributed by atoms with van der Waals surface area (Å²) in [6.45, 7) is 9.39. The highest BCUT2D eigenvalue weighted by molar-refractivity contribution is 8.13. The molecule has 0 aromatic carbocycles. The quantitative estimate of drug-likeness (QED) is 0.759. The van der Waals surface area contributed by atoms with Gasteiger partial charge in [-0.15, -0.1) is 0 Å². The first kappa shape index (κ1) is 17.9. The number of carbonyl (C=O) groups is 2. The van der Waals surface area contributed by atoms with Gasteiger partial charge < -0.3 is 9.26 Å². The molecule has 0 bridgehead atoms. The molecule has 0 saturated carbocycles. The average Bonchev–Trinajstić information content (AvgIpc) is 3.00. The summed E-state index contributed by atoms with van der Waals surface area (Å²) in [4.78, 5) is 25.4. The lowest BCUT2D eigenvalue weighted by atomic mass is 9.93. The summed E-state index contributed by atoms with van der Waals surface area (Å²) in [6, 6.07) is 1.66. The minimum absolute atomic E-state index is 0.0320. The van der Waals surface area contributed by atoms with Crippen LogP contribution < -0.4 is 4.90 Å². The van der Waals surface area contributed by atoms with Gasteiger partial charge in [0, 0.05) is 22.8 Å². The van der Waals surface area contributed by atoms with E-state index in [4.69, 9.17) is 20.9 Å². The second kappa shape index (κ2) is 6.57. The number of hydrogen-bond donors (Lipinski definition) is 0. The Morgan fingerprint density at radius 1 is 1.52 bits per heavy atom. The molecule has 8 heteroatoms. The molecule has 126 valence electrons. The summed E-state index contributed by atoms with van der Waals surface area (Å²) in [5.74, 6) is 1.01. The molecule has 1 aliphatic rings. The van der Waals surface area contributed by atoms with Crippen molar-refractivity contribution in [1.82, 2.24) is 5.16 Å². The molecule has 2 heterocycles. The molecule has 6 nitrogen and oxygen atoms in total.